The third-order valence-corrected chi connectivity index (χ3v) is 6.22. The summed E-state index contributed by atoms with van der Waals surface area (Å²) in [6.45, 7) is 6.68. The molecule has 0 aliphatic rings. The topological polar surface area (TPSA) is 37.3 Å². The summed E-state index contributed by atoms with van der Waals surface area (Å²) >= 11 is 0. The normalized spacial score (nSPS) is 11.3. The molecule has 0 bridgehead atoms. The van der Waals surface area contributed by atoms with Crippen molar-refractivity contribution in [2.24, 2.45) is 0 Å². The lowest BCUT2D eigenvalue weighted by Gasteiger charge is -2.21. The van der Waals surface area contributed by atoms with Crippen molar-refractivity contribution in [3.05, 3.63) is 117 Å². The average molecular weight is 426 g/mol. The van der Waals surface area contributed by atoms with Crippen LogP contribution in [0, 0.1) is 6.92 Å². The number of rotatable bonds is 9. The Morgan fingerprint density at radius 3 is 2.00 bits per heavy atom. The van der Waals surface area contributed by atoms with E-state index < -0.39 is 0 Å². The highest BCUT2D eigenvalue weighted by Gasteiger charge is 2.18. The van der Waals surface area contributed by atoms with Gasteiger partial charge in [-0.3, -0.25) is 4.79 Å². The Bertz CT molecular complexity index is 1170. The van der Waals surface area contributed by atoms with Gasteiger partial charge in [-0.05, 0) is 37.5 Å². The van der Waals surface area contributed by atoms with Gasteiger partial charge >= 0.3 is 0 Å². The Morgan fingerprint density at radius 2 is 1.41 bits per heavy atom. The molecule has 32 heavy (non-hydrogen) atoms. The van der Waals surface area contributed by atoms with Crippen molar-refractivity contribution >= 4 is 10.9 Å². The molecule has 3 heteroatoms. The highest BCUT2D eigenvalue weighted by atomic mass is 16.1. The molecular formula is C29H33N2O+. The maximum Gasteiger partial charge on any atom is 0.198 e. The lowest BCUT2D eigenvalue weighted by Crippen LogP contribution is -3.08. The molecule has 0 aliphatic heterocycles. The van der Waals surface area contributed by atoms with E-state index in [1.807, 2.05) is 6.92 Å². The van der Waals surface area contributed by atoms with Gasteiger partial charge in [-0.15, -0.1) is 0 Å². The Kier molecular flexibility index (Phi) is 7.18. The van der Waals surface area contributed by atoms with Crippen LogP contribution in [0.15, 0.2) is 83.7 Å². The summed E-state index contributed by atoms with van der Waals surface area (Å²) in [5.41, 5.74) is 6.80. The van der Waals surface area contributed by atoms with Gasteiger partial charge < -0.3 is 9.88 Å². The summed E-state index contributed by atoms with van der Waals surface area (Å²) in [7, 11) is 0. The summed E-state index contributed by atoms with van der Waals surface area (Å²) < 4.78 is 0. The number of aryl methyl sites for hydroxylation is 2. The van der Waals surface area contributed by atoms with Crippen molar-refractivity contribution in [1.82, 2.24) is 4.98 Å². The first-order chi connectivity index (χ1) is 15.6. The Hall–Kier alpha value is -3.17. The van der Waals surface area contributed by atoms with Crippen molar-refractivity contribution in [2.75, 3.05) is 0 Å². The Balaban J connectivity index is 1.68. The molecule has 0 aliphatic carbocycles. The lowest BCUT2D eigenvalue weighted by atomic mass is 10.0. The molecule has 0 saturated carbocycles. The highest BCUT2D eigenvalue weighted by molar-refractivity contribution is 5.80. The first kappa shape index (κ1) is 22.0. The van der Waals surface area contributed by atoms with Gasteiger partial charge in [-0.2, -0.15) is 0 Å². The molecule has 4 aromatic rings. The fourth-order valence-corrected chi connectivity index (χ4v) is 4.45. The summed E-state index contributed by atoms with van der Waals surface area (Å²) in [6, 6.07) is 27.4. The number of unbranched alkanes of at least 4 members (excludes halogenated alkanes) is 1. The van der Waals surface area contributed by atoms with Gasteiger partial charge in [0.15, 0.2) is 5.43 Å². The third-order valence-electron chi connectivity index (χ3n) is 6.22. The van der Waals surface area contributed by atoms with Gasteiger partial charge in [-0.25, -0.2) is 0 Å². The molecule has 0 fully saturated rings. The van der Waals surface area contributed by atoms with E-state index in [0.717, 1.165) is 54.5 Å². The van der Waals surface area contributed by atoms with E-state index in [1.54, 1.807) is 0 Å². The lowest BCUT2D eigenvalue weighted by molar-refractivity contribution is -0.941. The molecule has 0 unspecified atom stereocenters. The van der Waals surface area contributed by atoms with Gasteiger partial charge in [0.1, 0.15) is 19.6 Å². The van der Waals surface area contributed by atoms with Gasteiger partial charge in [0.25, 0.3) is 0 Å². The van der Waals surface area contributed by atoms with E-state index in [2.05, 4.69) is 90.8 Å². The van der Waals surface area contributed by atoms with Crippen molar-refractivity contribution < 1.29 is 4.90 Å². The number of H-pyrrole nitrogens is 1. The summed E-state index contributed by atoms with van der Waals surface area (Å²) in [4.78, 5) is 18.4. The number of quaternary nitrogens is 1. The first-order valence-electron chi connectivity index (χ1n) is 11.7. The molecule has 0 saturated heterocycles. The fraction of sp³-hybridized carbons (Fsp3) is 0.276. The number of benzene rings is 3. The Morgan fingerprint density at radius 1 is 0.781 bits per heavy atom. The van der Waals surface area contributed by atoms with Crippen molar-refractivity contribution in [3.8, 4) is 0 Å². The minimum atomic E-state index is 0.174. The molecule has 3 aromatic carbocycles. The molecule has 4 rings (SSSR count). The van der Waals surface area contributed by atoms with Crippen LogP contribution in [0.4, 0.5) is 0 Å². The number of hydrogen-bond acceptors (Lipinski definition) is 1. The summed E-state index contributed by atoms with van der Waals surface area (Å²) in [6.07, 6.45) is 3.33. The third kappa shape index (κ3) is 5.35. The Labute approximate surface area is 190 Å². The second kappa shape index (κ2) is 10.4. The highest BCUT2D eigenvalue weighted by Crippen LogP contribution is 2.15. The van der Waals surface area contributed by atoms with E-state index in [4.69, 9.17) is 0 Å². The predicted octanol–water partition coefficient (Wildman–Crippen LogP) is 4.96. The van der Waals surface area contributed by atoms with E-state index in [-0.39, 0.29) is 5.43 Å². The molecule has 0 radical (unpaired) electrons. The monoisotopic (exact) mass is 425 g/mol. The van der Waals surface area contributed by atoms with Gasteiger partial charge in [0, 0.05) is 27.7 Å². The molecule has 164 valence electrons. The predicted molar refractivity (Wildman–Crippen MR) is 133 cm³/mol. The zero-order chi connectivity index (χ0) is 22.3. The largest absolute Gasteiger partial charge is 0.358 e. The fourth-order valence-electron chi connectivity index (χ4n) is 4.45. The van der Waals surface area contributed by atoms with Crippen molar-refractivity contribution in [2.45, 2.75) is 52.7 Å². The molecule has 1 heterocycles. The molecule has 3 nitrogen and oxygen atoms in total. The molecular weight excluding hydrogens is 392 g/mol. The standard InChI is InChI=1S/C29H32N2O/c1-3-4-11-23-16-17-28-26(18-23)29(32)27(22(2)30-28)21-31(19-24-12-7-5-8-13-24)20-25-14-9-6-10-15-25/h5-10,12-18H,3-4,11,19-21H2,1-2H3,(H,30,32)/p+1. The van der Waals surface area contributed by atoms with E-state index in [9.17, 15) is 4.79 Å². The van der Waals surface area contributed by atoms with Crippen LogP contribution in [-0.2, 0) is 26.1 Å². The van der Waals surface area contributed by atoms with Crippen molar-refractivity contribution in [3.63, 3.8) is 0 Å². The zero-order valence-corrected chi connectivity index (χ0v) is 19.2. The molecule has 2 N–H and O–H groups in total. The quantitative estimate of drug-likeness (QED) is 0.391. The number of nitrogens with one attached hydrogen (secondary N) is 2. The SMILES string of the molecule is CCCCc1ccc2[nH]c(C)c(C[NH+](Cc3ccccc3)Cc3ccccc3)c(=O)c2c1. The number of hydrogen-bond donors (Lipinski definition) is 2. The van der Waals surface area contributed by atoms with Crippen LogP contribution < -0.4 is 10.3 Å². The molecule has 0 atom stereocenters. The van der Waals surface area contributed by atoms with Crippen LogP contribution >= 0.6 is 0 Å². The smallest absolute Gasteiger partial charge is 0.198 e. The maximum absolute atomic E-state index is 13.6. The number of aromatic amines is 1. The van der Waals surface area contributed by atoms with Crippen LogP contribution in [0.3, 0.4) is 0 Å². The van der Waals surface area contributed by atoms with Crippen LogP contribution in [0.25, 0.3) is 10.9 Å². The van der Waals surface area contributed by atoms with Gasteiger partial charge in [-0.1, -0.05) is 80.1 Å². The zero-order valence-electron chi connectivity index (χ0n) is 19.2. The number of aromatic nitrogens is 1. The van der Waals surface area contributed by atoms with Crippen molar-refractivity contribution in [1.29, 1.82) is 0 Å². The summed E-state index contributed by atoms with van der Waals surface area (Å²) in [5, 5.41) is 0.818. The van der Waals surface area contributed by atoms with Gasteiger partial charge in [0.2, 0.25) is 0 Å². The van der Waals surface area contributed by atoms with Crippen LogP contribution in [0.2, 0.25) is 0 Å². The second-order valence-corrected chi connectivity index (χ2v) is 8.79. The summed E-state index contributed by atoms with van der Waals surface area (Å²) in [5.74, 6) is 0. The van der Waals surface area contributed by atoms with Crippen LogP contribution in [0.1, 0.15) is 47.7 Å². The van der Waals surface area contributed by atoms with E-state index in [0.29, 0.717) is 6.54 Å². The van der Waals surface area contributed by atoms with E-state index in [1.165, 1.54) is 21.6 Å². The minimum absolute atomic E-state index is 0.174. The van der Waals surface area contributed by atoms with Crippen LogP contribution in [0.5, 0.6) is 0 Å². The minimum Gasteiger partial charge on any atom is -0.358 e. The van der Waals surface area contributed by atoms with Crippen LogP contribution in [-0.4, -0.2) is 4.98 Å². The average Bonchev–Trinajstić information content (AvgIpc) is 2.82. The number of pyridine rings is 1. The molecule has 0 spiro atoms. The second-order valence-electron chi connectivity index (χ2n) is 8.79. The number of fused-ring (bicyclic) bond motifs is 1. The van der Waals surface area contributed by atoms with Gasteiger partial charge in [0.05, 0.1) is 5.56 Å². The first-order valence-corrected chi connectivity index (χ1v) is 11.7. The maximum atomic E-state index is 13.6. The molecule has 1 aromatic heterocycles. The molecule has 0 amide bonds. The van der Waals surface area contributed by atoms with E-state index >= 15 is 0 Å².